The Balaban J connectivity index is 1.58. The fraction of sp³-hybridized carbons (Fsp3) is 0.115. The van der Waals surface area contributed by atoms with Crippen molar-refractivity contribution in [2.45, 2.75) is 19.9 Å². The Hall–Kier alpha value is -3.84. The van der Waals surface area contributed by atoms with E-state index in [-0.39, 0.29) is 12.4 Å². The van der Waals surface area contributed by atoms with E-state index < -0.39 is 5.82 Å². The second-order valence-corrected chi connectivity index (χ2v) is 8.16. The number of fused-ring (bicyclic) bond motifs is 1. The zero-order valence-corrected chi connectivity index (χ0v) is 19.0. The van der Waals surface area contributed by atoms with Crippen molar-refractivity contribution in [3.63, 3.8) is 0 Å². The number of nitrogens with zero attached hydrogens (tertiary/aromatic N) is 4. The van der Waals surface area contributed by atoms with Gasteiger partial charge in [0.1, 0.15) is 17.3 Å². The number of rotatable bonds is 6. The molecule has 170 valence electrons. The highest BCUT2D eigenvalue weighted by Crippen LogP contribution is 2.32. The van der Waals surface area contributed by atoms with E-state index in [1.54, 1.807) is 36.5 Å². The minimum absolute atomic E-state index is 0.132. The standard InChI is InChI=1S/C26H20ClF2N5/c1-2-16-11-13-34-23(14-16)33-24(17-6-8-18(28)9-7-17)25(34)22-10-12-30-26(32-22)31-15-19-20(27)4-3-5-21(19)29/h3-14H,2,15H2,1H3,(H,30,31,32). The topological polar surface area (TPSA) is 55.1 Å². The van der Waals surface area contributed by atoms with Crippen LogP contribution in [0.5, 0.6) is 0 Å². The van der Waals surface area contributed by atoms with Crippen LogP contribution in [-0.2, 0) is 13.0 Å². The van der Waals surface area contributed by atoms with Crippen molar-refractivity contribution in [2.75, 3.05) is 5.32 Å². The number of aryl methyl sites for hydroxylation is 1. The van der Waals surface area contributed by atoms with E-state index in [4.69, 9.17) is 16.6 Å². The summed E-state index contributed by atoms with van der Waals surface area (Å²) in [5, 5.41) is 3.38. The molecule has 0 fully saturated rings. The van der Waals surface area contributed by atoms with Crippen molar-refractivity contribution >= 4 is 23.2 Å². The molecule has 0 atom stereocenters. The molecule has 8 heteroatoms. The molecule has 0 aliphatic heterocycles. The third-order valence-electron chi connectivity index (χ3n) is 5.60. The normalized spacial score (nSPS) is 11.2. The lowest BCUT2D eigenvalue weighted by molar-refractivity contribution is 0.613. The molecule has 0 unspecified atom stereocenters. The predicted molar refractivity (Wildman–Crippen MR) is 130 cm³/mol. The summed E-state index contributed by atoms with van der Waals surface area (Å²) in [6.45, 7) is 2.22. The summed E-state index contributed by atoms with van der Waals surface area (Å²) in [7, 11) is 0. The number of hydrogen-bond acceptors (Lipinski definition) is 4. The summed E-state index contributed by atoms with van der Waals surface area (Å²) >= 11 is 6.14. The average molecular weight is 476 g/mol. The van der Waals surface area contributed by atoms with Gasteiger partial charge in [-0.25, -0.2) is 23.7 Å². The summed E-state index contributed by atoms with van der Waals surface area (Å²) in [5.41, 5.74) is 5.07. The first-order valence-electron chi connectivity index (χ1n) is 10.8. The first kappa shape index (κ1) is 22.0. The summed E-state index contributed by atoms with van der Waals surface area (Å²) < 4.78 is 29.7. The van der Waals surface area contributed by atoms with Gasteiger partial charge >= 0.3 is 0 Å². The number of halogens is 3. The Morgan fingerprint density at radius 2 is 1.82 bits per heavy atom. The molecular formula is C26H20ClF2N5. The molecule has 0 bridgehead atoms. The van der Waals surface area contributed by atoms with Gasteiger partial charge in [-0.1, -0.05) is 24.6 Å². The highest BCUT2D eigenvalue weighted by Gasteiger charge is 2.18. The second kappa shape index (κ2) is 9.19. The maximum absolute atomic E-state index is 14.2. The van der Waals surface area contributed by atoms with Crippen molar-refractivity contribution in [1.29, 1.82) is 0 Å². The lowest BCUT2D eigenvalue weighted by Gasteiger charge is -2.10. The Bertz CT molecular complexity index is 1460. The zero-order valence-electron chi connectivity index (χ0n) is 18.3. The van der Waals surface area contributed by atoms with Gasteiger partial charge in [-0.2, -0.15) is 0 Å². The van der Waals surface area contributed by atoms with Crippen LogP contribution < -0.4 is 5.32 Å². The van der Waals surface area contributed by atoms with Crippen LogP contribution in [0.15, 0.2) is 73.1 Å². The summed E-state index contributed by atoms with van der Waals surface area (Å²) in [6.07, 6.45) is 4.46. The van der Waals surface area contributed by atoms with Gasteiger partial charge in [-0.3, -0.25) is 4.40 Å². The van der Waals surface area contributed by atoms with E-state index in [1.807, 2.05) is 22.7 Å². The van der Waals surface area contributed by atoms with Crippen LogP contribution in [0.25, 0.3) is 28.3 Å². The lowest BCUT2D eigenvalue weighted by atomic mass is 10.1. The molecule has 0 spiro atoms. The monoisotopic (exact) mass is 475 g/mol. The van der Waals surface area contributed by atoms with E-state index in [9.17, 15) is 8.78 Å². The minimum atomic E-state index is -0.400. The van der Waals surface area contributed by atoms with Crippen LogP contribution in [0.3, 0.4) is 0 Å². The van der Waals surface area contributed by atoms with Crippen LogP contribution in [0.4, 0.5) is 14.7 Å². The third-order valence-corrected chi connectivity index (χ3v) is 5.95. The molecule has 5 rings (SSSR count). The molecule has 0 saturated carbocycles. The number of nitrogens with one attached hydrogen (secondary N) is 1. The van der Waals surface area contributed by atoms with Crippen LogP contribution in [0, 0.1) is 11.6 Å². The molecule has 0 saturated heterocycles. The van der Waals surface area contributed by atoms with Crippen LogP contribution in [-0.4, -0.2) is 19.4 Å². The molecular weight excluding hydrogens is 456 g/mol. The van der Waals surface area contributed by atoms with E-state index in [0.29, 0.717) is 27.9 Å². The van der Waals surface area contributed by atoms with E-state index >= 15 is 0 Å². The number of benzene rings is 2. The molecule has 5 aromatic rings. The fourth-order valence-corrected chi connectivity index (χ4v) is 4.03. The molecule has 0 aliphatic rings. The number of pyridine rings is 1. The molecule has 3 aromatic heterocycles. The first-order chi connectivity index (χ1) is 16.5. The lowest BCUT2D eigenvalue weighted by Crippen LogP contribution is -2.06. The summed E-state index contributed by atoms with van der Waals surface area (Å²) in [5.74, 6) is -0.395. The first-order valence-corrected chi connectivity index (χ1v) is 11.2. The van der Waals surface area contributed by atoms with Gasteiger partial charge in [0.05, 0.1) is 17.1 Å². The Labute approximate surface area is 200 Å². The molecule has 0 amide bonds. The van der Waals surface area contributed by atoms with E-state index in [2.05, 4.69) is 22.2 Å². The van der Waals surface area contributed by atoms with E-state index in [1.165, 1.54) is 18.2 Å². The Morgan fingerprint density at radius 1 is 1.00 bits per heavy atom. The highest BCUT2D eigenvalue weighted by molar-refractivity contribution is 6.31. The smallest absolute Gasteiger partial charge is 0.223 e. The van der Waals surface area contributed by atoms with Crippen LogP contribution in [0.2, 0.25) is 5.02 Å². The van der Waals surface area contributed by atoms with Crippen molar-refractivity contribution in [1.82, 2.24) is 19.4 Å². The minimum Gasteiger partial charge on any atom is -0.350 e. The molecule has 34 heavy (non-hydrogen) atoms. The van der Waals surface area contributed by atoms with Crippen molar-refractivity contribution in [2.24, 2.45) is 0 Å². The highest BCUT2D eigenvalue weighted by atomic mass is 35.5. The summed E-state index contributed by atoms with van der Waals surface area (Å²) in [6, 6.07) is 16.6. The van der Waals surface area contributed by atoms with Gasteiger partial charge in [0.15, 0.2) is 0 Å². The van der Waals surface area contributed by atoms with Gasteiger partial charge in [0.25, 0.3) is 0 Å². The van der Waals surface area contributed by atoms with Gasteiger partial charge in [0, 0.05) is 35.1 Å². The molecule has 5 nitrogen and oxygen atoms in total. The van der Waals surface area contributed by atoms with Gasteiger partial charge in [-0.15, -0.1) is 0 Å². The number of hydrogen-bond donors (Lipinski definition) is 1. The average Bonchev–Trinajstić information content (AvgIpc) is 3.23. The number of imidazole rings is 1. The second-order valence-electron chi connectivity index (χ2n) is 7.75. The van der Waals surface area contributed by atoms with Crippen molar-refractivity contribution < 1.29 is 8.78 Å². The molecule has 0 aliphatic carbocycles. The quantitative estimate of drug-likeness (QED) is 0.302. The summed E-state index contributed by atoms with van der Waals surface area (Å²) in [4.78, 5) is 13.8. The maximum Gasteiger partial charge on any atom is 0.223 e. The SMILES string of the molecule is CCc1ccn2c(-c3ccnc(NCc4c(F)cccc4Cl)n3)c(-c3ccc(F)cc3)nc2c1. The van der Waals surface area contributed by atoms with Crippen LogP contribution >= 0.6 is 11.6 Å². The Morgan fingerprint density at radius 3 is 2.59 bits per heavy atom. The van der Waals surface area contributed by atoms with Crippen molar-refractivity contribution in [3.05, 3.63) is 101 Å². The van der Waals surface area contributed by atoms with Crippen LogP contribution in [0.1, 0.15) is 18.1 Å². The van der Waals surface area contributed by atoms with Gasteiger partial charge in [-0.05, 0) is 66.6 Å². The van der Waals surface area contributed by atoms with E-state index in [0.717, 1.165) is 28.9 Å². The third kappa shape index (κ3) is 4.22. The zero-order chi connectivity index (χ0) is 23.7. The maximum atomic E-state index is 14.2. The number of aromatic nitrogens is 4. The van der Waals surface area contributed by atoms with Gasteiger partial charge < -0.3 is 5.32 Å². The van der Waals surface area contributed by atoms with Gasteiger partial charge in [0.2, 0.25) is 5.95 Å². The molecule has 0 radical (unpaired) electrons. The largest absolute Gasteiger partial charge is 0.350 e. The molecule has 3 heterocycles. The van der Waals surface area contributed by atoms with Crippen molar-refractivity contribution in [3.8, 4) is 22.6 Å². The predicted octanol–water partition coefficient (Wildman–Crippen LogP) is 6.56. The Kier molecular flexibility index (Phi) is 5.94. The molecule has 1 N–H and O–H groups in total. The molecule has 2 aromatic carbocycles. The number of anilines is 1. The fourth-order valence-electron chi connectivity index (χ4n) is 3.81.